The number of hydrogen-bond donors (Lipinski definition) is 0. The van der Waals surface area contributed by atoms with Gasteiger partial charge in [-0.05, 0) is 54.7 Å². The topological polar surface area (TPSA) is 55.3 Å². The summed E-state index contributed by atoms with van der Waals surface area (Å²) in [5.74, 6) is 2.03. The number of likely N-dealkylation sites (tertiary alicyclic amines) is 1. The Morgan fingerprint density at radius 1 is 1.26 bits per heavy atom. The number of nitrogens with zero attached hydrogens (tertiary/aromatic N) is 3. The first-order valence-electron chi connectivity index (χ1n) is 11.5. The van der Waals surface area contributed by atoms with Crippen LogP contribution in [0.25, 0.3) is 10.7 Å². The molecule has 1 aliphatic carbocycles. The number of piperidine rings is 1. The fraction of sp³-hybridized carbons (Fsp3) is 0.640. The molecule has 0 bridgehead atoms. The van der Waals surface area contributed by atoms with Gasteiger partial charge in [0, 0.05) is 36.9 Å². The Labute approximate surface area is 190 Å². The normalized spacial score (nSPS) is 24.8. The highest BCUT2D eigenvalue weighted by Gasteiger charge is 2.49. The van der Waals surface area contributed by atoms with E-state index in [1.165, 1.54) is 17.7 Å². The van der Waals surface area contributed by atoms with Crippen LogP contribution in [0.2, 0.25) is 0 Å². The number of esters is 1. The Balaban J connectivity index is 1.55. The van der Waals surface area contributed by atoms with Crippen molar-refractivity contribution in [1.82, 2.24) is 14.9 Å². The lowest BCUT2D eigenvalue weighted by atomic mass is 9.65. The van der Waals surface area contributed by atoms with Crippen molar-refractivity contribution in [2.45, 2.75) is 59.4 Å². The lowest BCUT2D eigenvalue weighted by Crippen LogP contribution is -2.53. The van der Waals surface area contributed by atoms with Gasteiger partial charge in [0.05, 0.1) is 17.4 Å². The Hall–Kier alpha value is -1.79. The minimum absolute atomic E-state index is 0.0170. The molecule has 1 aliphatic heterocycles. The Bertz CT molecular complexity index is 888. The largest absolute Gasteiger partial charge is 0.469 e. The van der Waals surface area contributed by atoms with E-state index in [0.717, 1.165) is 55.5 Å². The number of methoxy groups -OCH3 is 1. The molecule has 0 aromatic carbocycles. The quantitative estimate of drug-likeness (QED) is 0.537. The van der Waals surface area contributed by atoms with Crippen LogP contribution < -0.4 is 0 Å². The van der Waals surface area contributed by atoms with E-state index in [4.69, 9.17) is 4.74 Å². The first-order chi connectivity index (χ1) is 14.8. The van der Waals surface area contributed by atoms with Crippen LogP contribution in [0.15, 0.2) is 30.6 Å². The van der Waals surface area contributed by atoms with Gasteiger partial charge in [-0.2, -0.15) is 0 Å². The monoisotopic (exact) mass is 441 g/mol. The number of thiophene rings is 1. The lowest BCUT2D eigenvalue weighted by molar-refractivity contribution is -0.160. The second-order valence-corrected chi connectivity index (χ2v) is 11.7. The van der Waals surface area contributed by atoms with Gasteiger partial charge in [-0.3, -0.25) is 9.69 Å². The molecule has 0 N–H and O–H groups in total. The smallest absolute Gasteiger partial charge is 0.313 e. The van der Waals surface area contributed by atoms with Gasteiger partial charge in [0.25, 0.3) is 0 Å². The zero-order valence-electron chi connectivity index (χ0n) is 19.3. The summed E-state index contributed by atoms with van der Waals surface area (Å²) in [5.41, 5.74) is -0.244. The van der Waals surface area contributed by atoms with E-state index in [1.807, 2.05) is 6.07 Å². The zero-order valence-corrected chi connectivity index (χ0v) is 20.1. The number of aromatic nitrogens is 2. The van der Waals surface area contributed by atoms with Crippen molar-refractivity contribution in [1.29, 1.82) is 0 Å². The predicted octanol–water partition coefficient (Wildman–Crippen LogP) is 5.42. The second kappa shape index (κ2) is 8.99. The summed E-state index contributed by atoms with van der Waals surface area (Å²) in [7, 11) is 1.55. The maximum absolute atomic E-state index is 13.1. The van der Waals surface area contributed by atoms with Crippen molar-refractivity contribution >= 4 is 17.3 Å². The fourth-order valence-corrected chi connectivity index (χ4v) is 5.87. The van der Waals surface area contributed by atoms with E-state index in [-0.39, 0.29) is 11.4 Å². The molecule has 2 aliphatic rings. The lowest BCUT2D eigenvalue weighted by Gasteiger charge is -2.48. The number of hydrogen-bond acceptors (Lipinski definition) is 6. The number of carbonyl (C=O) groups is 1. The number of rotatable bonds is 7. The van der Waals surface area contributed by atoms with Crippen LogP contribution in [-0.2, 0) is 16.1 Å². The van der Waals surface area contributed by atoms with Gasteiger partial charge in [-0.25, -0.2) is 9.97 Å². The zero-order chi connectivity index (χ0) is 22.1. The van der Waals surface area contributed by atoms with Crippen molar-refractivity contribution in [3.8, 4) is 10.7 Å². The van der Waals surface area contributed by atoms with Crippen LogP contribution >= 0.6 is 11.3 Å². The first-order valence-corrected chi connectivity index (χ1v) is 12.3. The van der Waals surface area contributed by atoms with Crippen molar-refractivity contribution in [2.24, 2.45) is 22.7 Å². The Kier molecular flexibility index (Phi) is 6.50. The third-order valence-corrected chi connectivity index (χ3v) is 8.11. The van der Waals surface area contributed by atoms with Gasteiger partial charge in [0.2, 0.25) is 0 Å². The number of ether oxygens (including phenoxy) is 1. The standard InChI is InChI=1S/C25H35N3O2S/c1-24(2,3)19-14-25(23(29)30-4,11-10-18-6-7-18)17-28(15-19)16-20-8-9-21(31-20)22-26-12-5-13-27-22/h5,8-9,12-13,18-19H,6-7,10-11,14-17H2,1-4H3/t19-,25-/m1/s1. The summed E-state index contributed by atoms with van der Waals surface area (Å²) in [4.78, 5) is 26.8. The first kappa shape index (κ1) is 22.4. The fourth-order valence-electron chi connectivity index (χ4n) is 4.87. The molecular formula is C25H35N3O2S. The predicted molar refractivity (Wildman–Crippen MR) is 125 cm³/mol. The minimum atomic E-state index is -0.393. The molecule has 0 unspecified atom stereocenters. The molecule has 31 heavy (non-hydrogen) atoms. The third kappa shape index (κ3) is 5.35. The maximum atomic E-state index is 13.1. The van der Waals surface area contributed by atoms with E-state index in [2.05, 4.69) is 47.8 Å². The second-order valence-electron chi connectivity index (χ2n) is 10.5. The van der Waals surface area contributed by atoms with Gasteiger partial charge in [-0.1, -0.05) is 33.6 Å². The van der Waals surface area contributed by atoms with Crippen molar-refractivity contribution in [3.63, 3.8) is 0 Å². The molecule has 2 aromatic heterocycles. The summed E-state index contributed by atoms with van der Waals surface area (Å²) in [6.45, 7) is 9.57. The van der Waals surface area contributed by atoms with Gasteiger partial charge in [0.1, 0.15) is 0 Å². The van der Waals surface area contributed by atoms with Crippen LogP contribution in [0.4, 0.5) is 0 Å². The highest BCUT2D eigenvalue weighted by Crippen LogP contribution is 2.47. The highest BCUT2D eigenvalue weighted by atomic mass is 32.1. The van der Waals surface area contributed by atoms with Crippen LogP contribution in [0.5, 0.6) is 0 Å². The average Bonchev–Trinajstić information content (AvgIpc) is 3.48. The molecule has 3 heterocycles. The van der Waals surface area contributed by atoms with Gasteiger partial charge in [-0.15, -0.1) is 11.3 Å². The van der Waals surface area contributed by atoms with Crippen LogP contribution in [-0.4, -0.2) is 41.0 Å². The molecule has 2 fully saturated rings. The summed E-state index contributed by atoms with van der Waals surface area (Å²) < 4.78 is 5.39. The van der Waals surface area contributed by atoms with Crippen molar-refractivity contribution in [3.05, 3.63) is 35.5 Å². The van der Waals surface area contributed by atoms with Crippen molar-refractivity contribution in [2.75, 3.05) is 20.2 Å². The van der Waals surface area contributed by atoms with Gasteiger partial charge >= 0.3 is 5.97 Å². The minimum Gasteiger partial charge on any atom is -0.469 e. The molecule has 168 valence electrons. The molecule has 2 aromatic rings. The SMILES string of the molecule is COC(=O)[C@]1(CCC2CC2)C[C@@H](C(C)(C)C)CN(Cc2ccc(-c3ncccn3)s2)C1. The summed E-state index contributed by atoms with van der Waals surface area (Å²) in [6.07, 6.45) is 9.23. The molecule has 6 heteroatoms. The molecule has 0 radical (unpaired) electrons. The van der Waals surface area contributed by atoms with Crippen LogP contribution in [0.3, 0.4) is 0 Å². The third-order valence-electron chi connectivity index (χ3n) is 7.04. The Morgan fingerprint density at radius 3 is 2.65 bits per heavy atom. The Morgan fingerprint density at radius 2 is 2.00 bits per heavy atom. The molecule has 2 atom stereocenters. The van der Waals surface area contributed by atoms with Gasteiger partial charge < -0.3 is 4.74 Å². The van der Waals surface area contributed by atoms with E-state index in [0.29, 0.717) is 5.92 Å². The van der Waals surface area contributed by atoms with Crippen LogP contribution in [0, 0.1) is 22.7 Å². The molecule has 0 amide bonds. The van der Waals surface area contributed by atoms with E-state index >= 15 is 0 Å². The van der Waals surface area contributed by atoms with E-state index in [1.54, 1.807) is 30.8 Å². The summed E-state index contributed by atoms with van der Waals surface area (Å²) >= 11 is 1.75. The summed E-state index contributed by atoms with van der Waals surface area (Å²) in [6, 6.07) is 6.13. The molecule has 5 nitrogen and oxygen atoms in total. The molecule has 1 saturated carbocycles. The van der Waals surface area contributed by atoms with E-state index < -0.39 is 5.41 Å². The summed E-state index contributed by atoms with van der Waals surface area (Å²) in [5, 5.41) is 0. The molecule has 0 spiro atoms. The van der Waals surface area contributed by atoms with Crippen LogP contribution in [0.1, 0.15) is 57.8 Å². The van der Waals surface area contributed by atoms with Gasteiger partial charge in [0.15, 0.2) is 5.82 Å². The molecule has 1 saturated heterocycles. The molecular weight excluding hydrogens is 406 g/mol. The molecule has 4 rings (SSSR count). The van der Waals surface area contributed by atoms with Crippen molar-refractivity contribution < 1.29 is 9.53 Å². The maximum Gasteiger partial charge on any atom is 0.313 e. The number of carbonyl (C=O) groups excluding carboxylic acids is 1. The van der Waals surface area contributed by atoms with E-state index in [9.17, 15) is 4.79 Å². The average molecular weight is 442 g/mol. The highest BCUT2D eigenvalue weighted by molar-refractivity contribution is 7.15.